The third kappa shape index (κ3) is 3.37. The fourth-order valence-electron chi connectivity index (χ4n) is 1.79. The minimum atomic E-state index is -0.308. The van der Waals surface area contributed by atoms with Gasteiger partial charge in [-0.1, -0.05) is 26.0 Å². The Balaban J connectivity index is 2.91. The molecule has 2 amide bonds. The summed E-state index contributed by atoms with van der Waals surface area (Å²) in [6, 6.07) is 5.63. The Hall–Kier alpha value is -1.75. The molecule has 0 atom stereocenters. The van der Waals surface area contributed by atoms with Gasteiger partial charge in [0.2, 0.25) is 0 Å². The van der Waals surface area contributed by atoms with E-state index in [9.17, 15) is 4.79 Å². The zero-order valence-electron chi connectivity index (χ0n) is 11.4. The standard InChI is InChI=1S/C13H21N3O2/c1-9(2)11-7-10(5-6-12(11)18-4)8-16(3)13(17)15-14/h5-7,9H,8,14H2,1-4H3,(H,15,17). The average Bonchev–Trinajstić information content (AvgIpc) is 2.37. The maximum Gasteiger partial charge on any atom is 0.331 e. The molecule has 5 nitrogen and oxygen atoms in total. The molecule has 0 unspecified atom stereocenters. The predicted octanol–water partition coefficient (Wildman–Crippen LogP) is 1.83. The number of urea groups is 1. The molecule has 0 aliphatic heterocycles. The van der Waals surface area contributed by atoms with Gasteiger partial charge in [0.15, 0.2) is 0 Å². The highest BCUT2D eigenvalue weighted by Crippen LogP contribution is 2.27. The first-order valence-corrected chi connectivity index (χ1v) is 5.88. The molecule has 18 heavy (non-hydrogen) atoms. The first-order valence-electron chi connectivity index (χ1n) is 5.88. The lowest BCUT2D eigenvalue weighted by Gasteiger charge is -2.18. The number of nitrogens with zero attached hydrogens (tertiary/aromatic N) is 1. The number of carbonyl (C=O) groups is 1. The minimum absolute atomic E-state index is 0.308. The summed E-state index contributed by atoms with van der Waals surface area (Å²) in [6.07, 6.45) is 0. The Morgan fingerprint density at radius 1 is 1.50 bits per heavy atom. The highest BCUT2D eigenvalue weighted by molar-refractivity contribution is 5.73. The second kappa shape index (κ2) is 6.26. The number of rotatable bonds is 4. The molecule has 1 rings (SSSR count). The van der Waals surface area contributed by atoms with Gasteiger partial charge in [-0.2, -0.15) is 0 Å². The molecule has 0 fully saturated rings. The van der Waals surface area contributed by atoms with Gasteiger partial charge in [-0.3, -0.25) is 5.43 Å². The summed E-state index contributed by atoms with van der Waals surface area (Å²) >= 11 is 0. The average molecular weight is 251 g/mol. The molecule has 0 radical (unpaired) electrons. The van der Waals surface area contributed by atoms with Crippen molar-refractivity contribution in [2.45, 2.75) is 26.3 Å². The number of hydrazine groups is 1. The molecular weight excluding hydrogens is 230 g/mol. The lowest BCUT2D eigenvalue weighted by Crippen LogP contribution is -2.40. The van der Waals surface area contributed by atoms with Crippen molar-refractivity contribution in [2.24, 2.45) is 5.84 Å². The Morgan fingerprint density at radius 3 is 2.67 bits per heavy atom. The molecule has 0 aliphatic carbocycles. The van der Waals surface area contributed by atoms with Gasteiger partial charge < -0.3 is 9.64 Å². The quantitative estimate of drug-likeness (QED) is 0.487. The van der Waals surface area contributed by atoms with Crippen LogP contribution in [-0.2, 0) is 6.54 Å². The highest BCUT2D eigenvalue weighted by atomic mass is 16.5. The van der Waals surface area contributed by atoms with E-state index in [0.29, 0.717) is 12.5 Å². The maximum absolute atomic E-state index is 11.3. The molecule has 0 saturated heterocycles. The molecule has 1 aromatic rings. The van der Waals surface area contributed by atoms with Crippen molar-refractivity contribution in [3.05, 3.63) is 29.3 Å². The van der Waals surface area contributed by atoms with Crippen LogP contribution in [0.15, 0.2) is 18.2 Å². The maximum atomic E-state index is 11.3. The Kier molecular flexibility index (Phi) is 4.97. The zero-order valence-corrected chi connectivity index (χ0v) is 11.4. The van der Waals surface area contributed by atoms with E-state index in [1.807, 2.05) is 12.1 Å². The van der Waals surface area contributed by atoms with Crippen LogP contribution in [0.1, 0.15) is 30.9 Å². The van der Waals surface area contributed by atoms with Gasteiger partial charge in [-0.15, -0.1) is 0 Å². The second-order valence-electron chi connectivity index (χ2n) is 4.54. The number of amides is 2. The fraction of sp³-hybridized carbons (Fsp3) is 0.462. The summed E-state index contributed by atoms with van der Waals surface area (Å²) in [5.74, 6) is 6.33. The van der Waals surface area contributed by atoms with Crippen LogP contribution in [-0.4, -0.2) is 25.1 Å². The van der Waals surface area contributed by atoms with Crippen LogP contribution in [0, 0.1) is 0 Å². The molecule has 0 spiro atoms. The third-order valence-electron chi connectivity index (χ3n) is 2.81. The number of ether oxygens (including phenoxy) is 1. The molecule has 100 valence electrons. The summed E-state index contributed by atoms with van der Waals surface area (Å²) in [7, 11) is 3.36. The fourth-order valence-corrected chi connectivity index (χ4v) is 1.79. The van der Waals surface area contributed by atoms with Crippen LogP contribution in [0.3, 0.4) is 0 Å². The SMILES string of the molecule is COc1ccc(CN(C)C(=O)NN)cc1C(C)C. The van der Waals surface area contributed by atoms with Crippen molar-refractivity contribution in [1.82, 2.24) is 10.3 Å². The van der Waals surface area contributed by atoms with Gasteiger partial charge in [0.05, 0.1) is 7.11 Å². The largest absolute Gasteiger partial charge is 0.496 e. The summed E-state index contributed by atoms with van der Waals surface area (Å²) in [5.41, 5.74) is 4.29. The van der Waals surface area contributed by atoms with Crippen molar-refractivity contribution in [3.63, 3.8) is 0 Å². The molecule has 0 aromatic heterocycles. The Bertz CT molecular complexity index is 419. The van der Waals surface area contributed by atoms with Gasteiger partial charge in [-0.05, 0) is 23.1 Å². The van der Waals surface area contributed by atoms with Gasteiger partial charge in [0, 0.05) is 13.6 Å². The van der Waals surface area contributed by atoms with Crippen LogP contribution in [0.4, 0.5) is 4.79 Å². The Morgan fingerprint density at radius 2 is 2.17 bits per heavy atom. The lowest BCUT2D eigenvalue weighted by molar-refractivity contribution is 0.207. The number of hydrogen-bond acceptors (Lipinski definition) is 3. The number of methoxy groups -OCH3 is 1. The van der Waals surface area contributed by atoms with E-state index in [0.717, 1.165) is 16.9 Å². The van der Waals surface area contributed by atoms with Crippen LogP contribution < -0.4 is 16.0 Å². The first-order chi connectivity index (χ1) is 8.49. The van der Waals surface area contributed by atoms with Crippen molar-refractivity contribution in [3.8, 4) is 5.75 Å². The molecule has 0 bridgehead atoms. The van der Waals surface area contributed by atoms with Gasteiger partial charge in [0.1, 0.15) is 5.75 Å². The summed E-state index contributed by atoms with van der Waals surface area (Å²) in [4.78, 5) is 12.8. The van der Waals surface area contributed by atoms with E-state index in [1.54, 1.807) is 14.2 Å². The number of nitrogens with two attached hydrogens (primary N) is 1. The Labute approximate surface area is 108 Å². The number of nitrogens with one attached hydrogen (secondary N) is 1. The lowest BCUT2D eigenvalue weighted by atomic mass is 9.99. The van der Waals surface area contributed by atoms with Gasteiger partial charge in [-0.25, -0.2) is 10.6 Å². The van der Waals surface area contributed by atoms with Crippen LogP contribution in [0.25, 0.3) is 0 Å². The molecule has 5 heteroatoms. The van der Waals surface area contributed by atoms with Gasteiger partial charge in [0.25, 0.3) is 0 Å². The monoisotopic (exact) mass is 251 g/mol. The number of hydrogen-bond donors (Lipinski definition) is 2. The van der Waals surface area contributed by atoms with Crippen molar-refractivity contribution < 1.29 is 9.53 Å². The normalized spacial score (nSPS) is 10.3. The van der Waals surface area contributed by atoms with Crippen molar-refractivity contribution >= 4 is 6.03 Å². The van der Waals surface area contributed by atoms with E-state index >= 15 is 0 Å². The molecule has 0 heterocycles. The van der Waals surface area contributed by atoms with Crippen LogP contribution in [0.5, 0.6) is 5.75 Å². The van der Waals surface area contributed by atoms with Gasteiger partial charge >= 0.3 is 6.03 Å². The predicted molar refractivity (Wildman–Crippen MR) is 71.3 cm³/mol. The minimum Gasteiger partial charge on any atom is -0.496 e. The first kappa shape index (κ1) is 14.3. The molecule has 1 aromatic carbocycles. The van der Waals surface area contributed by atoms with E-state index in [-0.39, 0.29) is 6.03 Å². The van der Waals surface area contributed by atoms with E-state index in [4.69, 9.17) is 10.6 Å². The van der Waals surface area contributed by atoms with Crippen molar-refractivity contribution in [1.29, 1.82) is 0 Å². The smallest absolute Gasteiger partial charge is 0.331 e. The van der Waals surface area contributed by atoms with E-state index < -0.39 is 0 Å². The molecule has 3 N–H and O–H groups in total. The van der Waals surface area contributed by atoms with Crippen LogP contribution in [0.2, 0.25) is 0 Å². The zero-order chi connectivity index (χ0) is 13.7. The topological polar surface area (TPSA) is 67.6 Å². The van der Waals surface area contributed by atoms with E-state index in [2.05, 4.69) is 25.3 Å². The van der Waals surface area contributed by atoms with Crippen molar-refractivity contribution in [2.75, 3.05) is 14.2 Å². The van der Waals surface area contributed by atoms with E-state index in [1.165, 1.54) is 4.90 Å². The summed E-state index contributed by atoms with van der Waals surface area (Å²) < 4.78 is 5.32. The summed E-state index contributed by atoms with van der Waals surface area (Å²) in [6.45, 7) is 4.72. The summed E-state index contributed by atoms with van der Waals surface area (Å²) in [5, 5.41) is 0. The van der Waals surface area contributed by atoms with Crippen LogP contribution >= 0.6 is 0 Å². The molecule has 0 aliphatic rings. The molecule has 0 saturated carbocycles. The number of carbonyl (C=O) groups excluding carboxylic acids is 1. The highest BCUT2D eigenvalue weighted by Gasteiger charge is 2.11. The number of benzene rings is 1. The third-order valence-corrected chi connectivity index (χ3v) is 2.81. The second-order valence-corrected chi connectivity index (χ2v) is 4.54. The molecular formula is C13H21N3O2.